The van der Waals surface area contributed by atoms with Crippen LogP contribution in [0.4, 0.5) is 39.5 Å². The van der Waals surface area contributed by atoms with Gasteiger partial charge in [-0.1, -0.05) is 149 Å². The molecule has 6 amide bonds. The maximum absolute atomic E-state index is 13.0. The number of nitrogens with one attached hydrogen (secondary N) is 2. The normalized spacial score (nSPS) is 20.9. The van der Waals surface area contributed by atoms with Gasteiger partial charge < -0.3 is 60.0 Å². The van der Waals surface area contributed by atoms with E-state index >= 15 is 0 Å². The number of alkyl halides is 9. The van der Waals surface area contributed by atoms with Crippen LogP contribution in [-0.4, -0.2) is 239 Å². The maximum Gasteiger partial charge on any atom is 0.406 e. The minimum absolute atomic E-state index is 0.0284. The zero-order valence-corrected chi connectivity index (χ0v) is 78.2. The van der Waals surface area contributed by atoms with Gasteiger partial charge in [0.25, 0.3) is 35.4 Å². The lowest BCUT2D eigenvalue weighted by molar-refractivity contribution is -0.153. The van der Waals surface area contributed by atoms with Crippen molar-refractivity contribution >= 4 is 71.3 Å². The number of rotatable bonds is 21. The molecule has 6 aromatic heterocycles. The lowest BCUT2D eigenvalue weighted by Gasteiger charge is -2.41. The minimum Gasteiger partial charge on any atom is -0.481 e. The van der Waals surface area contributed by atoms with E-state index in [9.17, 15) is 128 Å². The summed E-state index contributed by atoms with van der Waals surface area (Å²) in [6.07, 6.45) is 6.17. The molecule has 43 heteroatoms. The van der Waals surface area contributed by atoms with Crippen LogP contribution in [0, 0.1) is 17.8 Å². The highest BCUT2D eigenvalue weighted by Gasteiger charge is 2.55. The van der Waals surface area contributed by atoms with Crippen LogP contribution in [0.15, 0.2) is 244 Å². The Bertz CT molecular complexity index is 6780. The number of amides is 6. The number of carboxylic acids is 6. The summed E-state index contributed by atoms with van der Waals surface area (Å²) < 4.78 is 120. The summed E-state index contributed by atoms with van der Waals surface area (Å²) in [5.74, 6) is -15.0. The molecule has 12 aromatic rings. The van der Waals surface area contributed by atoms with Crippen molar-refractivity contribution in [3.63, 3.8) is 0 Å². The zero-order chi connectivity index (χ0) is 105. The first-order valence-electron chi connectivity index (χ1n) is 45.6. The van der Waals surface area contributed by atoms with Crippen LogP contribution in [0.3, 0.4) is 0 Å². The van der Waals surface area contributed by atoms with Crippen molar-refractivity contribution in [2.75, 3.05) is 39.3 Å². The number of aromatic nitrogens is 10. The Morgan fingerprint density at radius 1 is 0.324 bits per heavy atom. The predicted octanol–water partition coefficient (Wildman–Crippen LogP) is 15.4. The summed E-state index contributed by atoms with van der Waals surface area (Å²) in [6, 6.07) is 39.6. The Morgan fingerprint density at radius 3 is 0.793 bits per heavy atom. The highest BCUT2D eigenvalue weighted by atomic mass is 19.4. The van der Waals surface area contributed by atoms with Crippen molar-refractivity contribution in [1.82, 2.24) is 79.3 Å². The van der Waals surface area contributed by atoms with Crippen molar-refractivity contribution in [2.45, 2.75) is 131 Å². The van der Waals surface area contributed by atoms with Gasteiger partial charge in [0.05, 0.1) is 61.0 Å². The van der Waals surface area contributed by atoms with Gasteiger partial charge in [0.2, 0.25) is 0 Å². The molecule has 19 rings (SSSR count). The first-order chi connectivity index (χ1) is 68.8. The van der Waals surface area contributed by atoms with E-state index in [-0.39, 0.29) is 79.6 Å². The second-order valence-electron chi connectivity index (χ2n) is 36.4. The van der Waals surface area contributed by atoms with E-state index in [1.165, 1.54) is 109 Å². The van der Waals surface area contributed by atoms with Crippen molar-refractivity contribution < 1.29 is 128 Å². The summed E-state index contributed by atoms with van der Waals surface area (Å²) in [4.78, 5) is 163. The molecule has 1 saturated carbocycles. The van der Waals surface area contributed by atoms with Gasteiger partial charge in [-0.25, -0.2) is 0 Å². The monoisotopic (exact) mass is 2000 g/mol. The summed E-state index contributed by atoms with van der Waals surface area (Å²) in [7, 11) is 3.34. The Balaban J connectivity index is 0.000000138. The number of H-pyrrole nitrogens is 2. The number of fused-ring (bicyclic) bond motifs is 6. The number of halogens is 9. The molecule has 0 bridgehead atoms. The van der Waals surface area contributed by atoms with Crippen molar-refractivity contribution in [1.29, 1.82) is 0 Å². The van der Waals surface area contributed by atoms with Gasteiger partial charge in [-0.15, -0.1) is 0 Å². The number of aliphatic carboxylic acids is 6. The third-order valence-corrected chi connectivity index (χ3v) is 25.5. The molecule has 12 heterocycles. The van der Waals surface area contributed by atoms with Gasteiger partial charge in [-0.2, -0.15) is 59.9 Å². The van der Waals surface area contributed by atoms with E-state index in [2.05, 4.69) is 40.6 Å². The molecule has 12 unspecified atom stereocenters. The Labute approximate surface area is 820 Å². The highest BCUT2D eigenvalue weighted by Crippen LogP contribution is 2.52. The Hall–Kier alpha value is -16.5. The molecule has 6 aromatic carbocycles. The van der Waals surface area contributed by atoms with E-state index in [1.807, 2.05) is 33.8 Å². The fraction of sp³-hybridized carbons (Fsp3) is 0.314. The second-order valence-corrected chi connectivity index (χ2v) is 36.4. The van der Waals surface area contributed by atoms with E-state index in [1.54, 1.807) is 168 Å². The third kappa shape index (κ3) is 23.0. The maximum atomic E-state index is 13.0. The molecule has 34 nitrogen and oxygen atoms in total. The molecule has 8 N–H and O–H groups in total. The highest BCUT2D eigenvalue weighted by molar-refractivity contribution is 6.05. The van der Waals surface area contributed by atoms with Crippen LogP contribution in [0.25, 0.3) is 0 Å². The van der Waals surface area contributed by atoms with E-state index < -0.39 is 163 Å². The molecule has 145 heavy (non-hydrogen) atoms. The summed E-state index contributed by atoms with van der Waals surface area (Å²) in [5.41, 5.74) is 6.60. The third-order valence-electron chi connectivity index (χ3n) is 25.5. The number of aryl methyl sites for hydroxylation is 2. The van der Waals surface area contributed by atoms with E-state index in [0.29, 0.717) is 79.2 Å². The van der Waals surface area contributed by atoms with Crippen molar-refractivity contribution in [3.05, 3.63) is 344 Å². The molecule has 7 aliphatic rings. The first-order valence-corrected chi connectivity index (χ1v) is 45.6. The molecular formula is C102H97F9N16O18. The number of aromatic amines is 2. The number of carbonyl (C=O) groups excluding carboxylic acids is 6. The molecule has 0 radical (unpaired) electrons. The van der Waals surface area contributed by atoms with Crippen LogP contribution in [0.2, 0.25) is 0 Å². The average molecular weight is 2010 g/mol. The van der Waals surface area contributed by atoms with Gasteiger partial charge in [-0.05, 0) is 124 Å². The van der Waals surface area contributed by atoms with E-state index in [0.717, 1.165) is 24.0 Å². The van der Waals surface area contributed by atoms with Crippen LogP contribution in [0.1, 0.15) is 241 Å². The van der Waals surface area contributed by atoms with Crippen molar-refractivity contribution in [3.8, 4) is 0 Å². The Morgan fingerprint density at radius 2 is 0.566 bits per heavy atom. The molecule has 1 aliphatic carbocycles. The number of carboxylic acid groups (broad SMARTS) is 6. The summed E-state index contributed by atoms with van der Waals surface area (Å²) in [5, 5.41) is 79.4. The largest absolute Gasteiger partial charge is 0.481 e. The molecule has 6 aliphatic heterocycles. The van der Waals surface area contributed by atoms with Crippen LogP contribution in [-0.2, 0) is 42.9 Å². The van der Waals surface area contributed by atoms with Gasteiger partial charge in [0, 0.05) is 139 Å². The van der Waals surface area contributed by atoms with E-state index in [4.69, 9.17) is 0 Å². The van der Waals surface area contributed by atoms with Gasteiger partial charge in [0.15, 0.2) is 0 Å². The molecule has 0 saturated heterocycles. The smallest absolute Gasteiger partial charge is 0.406 e. The first kappa shape index (κ1) is 104. The lowest BCUT2D eigenvalue weighted by Crippen LogP contribution is -2.48. The molecule has 12 atom stereocenters. The van der Waals surface area contributed by atoms with Gasteiger partial charge >= 0.3 is 54.3 Å². The molecule has 0 spiro atoms. The fourth-order valence-electron chi connectivity index (χ4n) is 19.6. The molecule has 1 fully saturated rings. The number of hydrogen-bond donors (Lipinski definition) is 8. The van der Waals surface area contributed by atoms with Gasteiger partial charge in [-0.3, -0.25) is 87.1 Å². The number of benzene rings is 6. The lowest BCUT2D eigenvalue weighted by atomic mass is 9.80. The summed E-state index contributed by atoms with van der Waals surface area (Å²) >= 11 is 0. The van der Waals surface area contributed by atoms with Crippen LogP contribution in [0.5, 0.6) is 0 Å². The van der Waals surface area contributed by atoms with Crippen LogP contribution < -0.4 is 0 Å². The summed E-state index contributed by atoms with van der Waals surface area (Å²) in [6.45, 7) is 5.03. The number of hydrogen-bond acceptors (Lipinski definition) is 18. The number of pyridine rings is 2. The second kappa shape index (κ2) is 43.5. The topological polar surface area (TPSA) is 464 Å². The van der Waals surface area contributed by atoms with Crippen LogP contribution >= 0.6 is 0 Å². The quantitative estimate of drug-likeness (QED) is 0.0310. The standard InChI is InChI=1S/C19H18N2O3.C18H21N3O3.C17H13F3N2O3.C17H19N3O3.C16H14F3N3O3.C15H12F3N3O3/c22-18-15-6-2-1-5-14(15)16(19(23)24)17(13-4-3-9-20-10-13)21(18)11-12-7-8-12;1-11(2)9-21-16(12-8-19-20(3)10-12)15(18(23)24)13-6-4-5-7-14(13)17(21)22;18-17(19,20)9-22-14(10-4-3-7-21-8-10)13(16(24)25)11-5-1-2-6-12(11)15(22)23;1-10(2)9-20-15(11-7-18-19-8-11)14(17(22)23)12-5-3-4-6-13(12)16(20)21;1-21-7-9(6-20-21)13-12(15(24)25)10-4-2-3-5-11(10)14(23)22(13)8-16(17,18)19;16-15(17,18)7-21-12(8-5-19-20-6-8)11(14(23)24)9-3-1-2-4-10(9)13(21)22/h1-6,9-10,12,16-17H,7-8,11H2,(H,23,24);4-8,10-11,15-16H,9H2,1-3H3,(H,23,24);1-8,13-14H,9H2,(H,24,25);3-8,10,14-15H,9H2,1-2H3,(H,18,19)(H,22,23);2-7,12-13H,8H2,1H3,(H,24,25);1-6,11-12H,7H2,(H,19,20)(H,23,24). The van der Waals surface area contributed by atoms with Gasteiger partial charge in [0.1, 0.15) is 55.1 Å². The number of carbonyl (C=O) groups is 12. The van der Waals surface area contributed by atoms with Crippen molar-refractivity contribution in [2.24, 2.45) is 31.8 Å². The zero-order valence-electron chi connectivity index (χ0n) is 78.2. The SMILES string of the molecule is CC(C)CN1C(=O)c2ccccc2C(C(=O)O)C1c1cn[nH]c1.CC(C)CN1C(=O)c2ccccc2C(C(=O)O)C1c1cnn(C)c1.Cn1cc(C2C(C(=O)O)c3ccccc3C(=O)N2CC(F)(F)F)cn1.O=C(O)C1c2ccccc2C(=O)N(CC(F)(F)F)C1c1cccnc1.O=C(O)C1c2ccccc2C(=O)N(CC(F)(F)F)C1c1cn[nH]c1.O=C(O)C1c2ccccc2C(=O)N(CC2CC2)C1c1cccnc1. The predicted molar refractivity (Wildman–Crippen MR) is 496 cm³/mol. The fourth-order valence-corrected chi connectivity index (χ4v) is 19.6. The molecular weight excluding hydrogens is 1910 g/mol. The number of nitrogens with zero attached hydrogens (tertiary/aromatic N) is 14. The minimum atomic E-state index is -4.66. The average Bonchev–Trinajstić information content (AvgIpc) is 1.68. The molecule has 756 valence electrons. The Kier molecular flexibility index (Phi) is 31.3.